The molecule has 1 atom stereocenters. The number of hydrogen-bond donors (Lipinski definition) is 3. The summed E-state index contributed by atoms with van der Waals surface area (Å²) in [6.45, 7) is 0. The fourth-order valence-electron chi connectivity index (χ4n) is 1.02. The first-order chi connectivity index (χ1) is 7.83. The highest BCUT2D eigenvalue weighted by Crippen LogP contribution is 2.16. The van der Waals surface area contributed by atoms with Crippen LogP contribution in [0.3, 0.4) is 0 Å². The molecule has 0 aromatic carbocycles. The molecule has 3 N–H and O–H groups in total. The van der Waals surface area contributed by atoms with Crippen LogP contribution < -0.4 is 4.72 Å². The highest BCUT2D eigenvalue weighted by atomic mass is 32.2. The van der Waals surface area contributed by atoms with Gasteiger partial charge in [0.05, 0.1) is 6.42 Å². The number of sulfonamides is 1. The summed E-state index contributed by atoms with van der Waals surface area (Å²) in [5, 5.41) is 18.7. The molecule has 1 aromatic rings. The quantitative estimate of drug-likeness (QED) is 0.671. The lowest BCUT2D eigenvalue weighted by atomic mass is 10.2. The molecule has 0 aliphatic heterocycles. The summed E-state index contributed by atoms with van der Waals surface area (Å²) in [6.07, 6.45) is -0.820. The van der Waals surface area contributed by atoms with Crippen molar-refractivity contribution < 1.29 is 28.2 Å². The number of aliphatic carboxylic acids is 2. The van der Waals surface area contributed by atoms with Crippen molar-refractivity contribution in [1.82, 2.24) is 4.72 Å². The van der Waals surface area contributed by atoms with Gasteiger partial charge in [0.1, 0.15) is 10.3 Å². The van der Waals surface area contributed by atoms with Crippen LogP contribution in [0.1, 0.15) is 6.42 Å². The molecule has 0 fully saturated rings. The summed E-state index contributed by atoms with van der Waals surface area (Å²) < 4.78 is 25.0. The lowest BCUT2D eigenvalue weighted by molar-refractivity contribution is -0.145. The van der Waals surface area contributed by atoms with E-state index in [0.717, 1.165) is 11.3 Å². The first-order valence-corrected chi connectivity index (χ1v) is 6.69. The smallest absolute Gasteiger partial charge is 0.322 e. The Kier molecular flexibility index (Phi) is 4.21. The fraction of sp³-hybridized carbons (Fsp3) is 0.250. The van der Waals surface area contributed by atoms with Crippen molar-refractivity contribution in [2.45, 2.75) is 16.7 Å². The number of thiophene rings is 1. The van der Waals surface area contributed by atoms with Gasteiger partial charge in [-0.1, -0.05) is 6.07 Å². The predicted octanol–water partition coefficient (Wildman–Crippen LogP) is -0.0457. The van der Waals surface area contributed by atoms with Gasteiger partial charge in [-0.05, 0) is 11.4 Å². The zero-order valence-electron chi connectivity index (χ0n) is 8.36. The lowest BCUT2D eigenvalue weighted by Gasteiger charge is -2.11. The Labute approximate surface area is 101 Å². The minimum Gasteiger partial charge on any atom is -0.481 e. The molecule has 0 radical (unpaired) electrons. The lowest BCUT2D eigenvalue weighted by Crippen LogP contribution is -2.41. The molecule has 1 heterocycles. The highest BCUT2D eigenvalue weighted by Gasteiger charge is 2.27. The molecule has 0 spiro atoms. The van der Waals surface area contributed by atoms with Gasteiger partial charge in [0.15, 0.2) is 0 Å². The molecule has 0 saturated carbocycles. The van der Waals surface area contributed by atoms with Gasteiger partial charge in [0, 0.05) is 0 Å². The SMILES string of the molecule is O=C(O)CC(NS(=O)(=O)c1cccs1)C(=O)O. The summed E-state index contributed by atoms with van der Waals surface area (Å²) in [4.78, 5) is 21.1. The Morgan fingerprint density at radius 2 is 2.06 bits per heavy atom. The van der Waals surface area contributed by atoms with E-state index in [4.69, 9.17) is 10.2 Å². The second-order valence-corrected chi connectivity index (χ2v) is 5.93. The van der Waals surface area contributed by atoms with E-state index in [2.05, 4.69) is 0 Å². The van der Waals surface area contributed by atoms with Crippen LogP contribution in [0.15, 0.2) is 21.7 Å². The number of nitrogens with one attached hydrogen (secondary N) is 1. The number of carboxylic acid groups (broad SMARTS) is 2. The van der Waals surface area contributed by atoms with E-state index in [1.165, 1.54) is 17.5 Å². The van der Waals surface area contributed by atoms with Crippen LogP contribution in [0.2, 0.25) is 0 Å². The van der Waals surface area contributed by atoms with Gasteiger partial charge < -0.3 is 10.2 Å². The highest BCUT2D eigenvalue weighted by molar-refractivity contribution is 7.91. The maximum absolute atomic E-state index is 11.6. The van der Waals surface area contributed by atoms with Gasteiger partial charge in [-0.15, -0.1) is 11.3 Å². The first-order valence-electron chi connectivity index (χ1n) is 4.33. The summed E-state index contributed by atoms with van der Waals surface area (Å²) in [7, 11) is -3.98. The Morgan fingerprint density at radius 3 is 2.47 bits per heavy atom. The average molecular weight is 279 g/mol. The third kappa shape index (κ3) is 3.80. The van der Waals surface area contributed by atoms with Crippen molar-refractivity contribution in [3.8, 4) is 0 Å². The summed E-state index contributed by atoms with van der Waals surface area (Å²) in [5.41, 5.74) is 0. The van der Waals surface area contributed by atoms with Crippen LogP contribution in [0.5, 0.6) is 0 Å². The van der Waals surface area contributed by atoms with Gasteiger partial charge >= 0.3 is 11.9 Å². The van der Waals surface area contributed by atoms with Crippen LogP contribution in [0.25, 0.3) is 0 Å². The second-order valence-electron chi connectivity index (χ2n) is 3.04. The number of carboxylic acids is 2. The van der Waals surface area contributed by atoms with Crippen molar-refractivity contribution >= 4 is 33.3 Å². The van der Waals surface area contributed by atoms with E-state index in [9.17, 15) is 18.0 Å². The molecule has 0 bridgehead atoms. The van der Waals surface area contributed by atoms with Gasteiger partial charge in [0.25, 0.3) is 10.0 Å². The predicted molar refractivity (Wildman–Crippen MR) is 58.3 cm³/mol. The maximum atomic E-state index is 11.6. The van der Waals surface area contributed by atoms with Gasteiger partial charge in [-0.3, -0.25) is 9.59 Å². The fourth-order valence-corrected chi connectivity index (χ4v) is 3.21. The standard InChI is InChI=1S/C8H9NO6S2/c10-6(11)4-5(8(12)13)9-17(14,15)7-2-1-3-16-7/h1-3,5,9H,4H2,(H,10,11)(H,12,13). The average Bonchev–Trinajstić information content (AvgIpc) is 2.68. The Morgan fingerprint density at radius 1 is 1.41 bits per heavy atom. The van der Waals surface area contributed by atoms with Crippen molar-refractivity contribution in [2.24, 2.45) is 0 Å². The summed E-state index contributed by atoms with van der Waals surface area (Å²) in [6, 6.07) is 1.11. The third-order valence-electron chi connectivity index (χ3n) is 1.73. The summed E-state index contributed by atoms with van der Waals surface area (Å²) in [5.74, 6) is -2.93. The maximum Gasteiger partial charge on any atom is 0.322 e. The van der Waals surface area contributed by atoms with E-state index in [0.29, 0.717) is 0 Å². The van der Waals surface area contributed by atoms with Crippen LogP contribution in [0, 0.1) is 0 Å². The summed E-state index contributed by atoms with van der Waals surface area (Å²) >= 11 is 0.912. The zero-order valence-corrected chi connectivity index (χ0v) is 9.99. The van der Waals surface area contributed by atoms with Crippen LogP contribution in [-0.4, -0.2) is 36.6 Å². The zero-order chi connectivity index (χ0) is 13.1. The number of carbonyl (C=O) groups is 2. The Bertz CT molecular complexity index is 506. The molecular formula is C8H9NO6S2. The molecule has 9 heteroatoms. The molecule has 1 aromatic heterocycles. The Hall–Kier alpha value is -1.45. The van der Waals surface area contributed by atoms with Crippen LogP contribution >= 0.6 is 11.3 Å². The van der Waals surface area contributed by atoms with E-state index in [1.54, 1.807) is 0 Å². The topological polar surface area (TPSA) is 121 Å². The van der Waals surface area contributed by atoms with Gasteiger partial charge in [-0.25, -0.2) is 8.42 Å². The molecule has 1 unspecified atom stereocenters. The molecule has 0 aliphatic carbocycles. The molecule has 7 nitrogen and oxygen atoms in total. The number of hydrogen-bond acceptors (Lipinski definition) is 5. The monoisotopic (exact) mass is 279 g/mol. The molecule has 1 rings (SSSR count). The third-order valence-corrected chi connectivity index (χ3v) is 4.60. The normalized spacial score (nSPS) is 13.2. The van der Waals surface area contributed by atoms with Crippen molar-refractivity contribution in [3.05, 3.63) is 17.5 Å². The van der Waals surface area contributed by atoms with Gasteiger partial charge in [0.2, 0.25) is 0 Å². The molecular weight excluding hydrogens is 270 g/mol. The largest absolute Gasteiger partial charge is 0.481 e. The molecule has 17 heavy (non-hydrogen) atoms. The van der Waals surface area contributed by atoms with E-state index < -0.39 is 34.4 Å². The van der Waals surface area contributed by atoms with Crippen molar-refractivity contribution in [3.63, 3.8) is 0 Å². The molecule has 94 valence electrons. The second kappa shape index (κ2) is 5.25. The minimum atomic E-state index is -3.98. The van der Waals surface area contributed by atoms with E-state index in [1.807, 2.05) is 4.72 Å². The van der Waals surface area contributed by atoms with E-state index >= 15 is 0 Å². The molecule has 0 amide bonds. The molecule has 0 saturated heterocycles. The van der Waals surface area contributed by atoms with Gasteiger partial charge in [-0.2, -0.15) is 4.72 Å². The van der Waals surface area contributed by atoms with Crippen molar-refractivity contribution in [2.75, 3.05) is 0 Å². The van der Waals surface area contributed by atoms with Crippen LogP contribution in [-0.2, 0) is 19.6 Å². The first kappa shape index (κ1) is 13.6. The number of rotatable bonds is 6. The minimum absolute atomic E-state index is 0.0610. The van der Waals surface area contributed by atoms with E-state index in [-0.39, 0.29) is 4.21 Å². The van der Waals surface area contributed by atoms with Crippen molar-refractivity contribution in [1.29, 1.82) is 0 Å². The molecule has 0 aliphatic rings. The Balaban J connectivity index is 2.87. The van der Waals surface area contributed by atoms with Crippen LogP contribution in [0.4, 0.5) is 0 Å².